The Morgan fingerprint density at radius 3 is 2.56 bits per heavy atom. The summed E-state index contributed by atoms with van der Waals surface area (Å²) in [5, 5.41) is 3.10. The molecule has 1 atom stereocenters. The van der Waals surface area contributed by atoms with Gasteiger partial charge < -0.3 is 14.8 Å². The molecule has 1 aliphatic heterocycles. The summed E-state index contributed by atoms with van der Waals surface area (Å²) in [4.78, 5) is 26.3. The van der Waals surface area contributed by atoms with Gasteiger partial charge in [0, 0.05) is 10.5 Å². The van der Waals surface area contributed by atoms with Gasteiger partial charge >= 0.3 is 0 Å². The summed E-state index contributed by atoms with van der Waals surface area (Å²) in [6.45, 7) is 0. The molecule has 25 heavy (non-hydrogen) atoms. The summed E-state index contributed by atoms with van der Waals surface area (Å²) in [5.74, 6) is 0.640. The molecule has 1 saturated heterocycles. The molecule has 2 amide bonds. The third kappa shape index (κ3) is 3.32. The Bertz CT molecular complexity index is 824. The number of hydrogen-bond donors (Lipinski definition) is 1. The van der Waals surface area contributed by atoms with Gasteiger partial charge in [0.1, 0.15) is 17.5 Å². The quantitative estimate of drug-likeness (QED) is 0.774. The average molecular weight is 405 g/mol. The van der Waals surface area contributed by atoms with Gasteiger partial charge in [-0.1, -0.05) is 12.1 Å². The highest BCUT2D eigenvalue weighted by atomic mass is 79.9. The lowest BCUT2D eigenvalue weighted by atomic mass is 10.2. The van der Waals surface area contributed by atoms with E-state index in [0.29, 0.717) is 27.3 Å². The van der Waals surface area contributed by atoms with Crippen molar-refractivity contribution in [1.29, 1.82) is 0 Å². The van der Waals surface area contributed by atoms with Gasteiger partial charge in [0.25, 0.3) is 5.91 Å². The molecule has 7 heteroatoms. The number of ether oxygens (including phenoxy) is 2. The molecule has 0 bridgehead atoms. The number of benzene rings is 2. The second-order valence-electron chi connectivity index (χ2n) is 5.49. The maximum atomic E-state index is 12.8. The number of imide groups is 1. The van der Waals surface area contributed by atoms with Crippen LogP contribution in [-0.2, 0) is 9.59 Å². The van der Waals surface area contributed by atoms with Crippen molar-refractivity contribution in [3.63, 3.8) is 0 Å². The largest absolute Gasteiger partial charge is 0.497 e. The monoisotopic (exact) mass is 404 g/mol. The summed E-state index contributed by atoms with van der Waals surface area (Å²) in [7, 11) is 3.10. The number of nitrogens with zero attached hydrogens (tertiary/aromatic N) is 1. The molecule has 3 rings (SSSR count). The van der Waals surface area contributed by atoms with E-state index >= 15 is 0 Å². The van der Waals surface area contributed by atoms with Gasteiger partial charge in [-0.05, 0) is 40.2 Å². The highest BCUT2D eigenvalue weighted by molar-refractivity contribution is 9.10. The second-order valence-corrected chi connectivity index (χ2v) is 6.34. The molecule has 130 valence electrons. The molecular formula is C18H17BrN2O4. The first-order valence-electron chi connectivity index (χ1n) is 7.65. The van der Waals surface area contributed by atoms with Crippen LogP contribution in [0.25, 0.3) is 0 Å². The number of anilines is 2. The molecule has 0 spiro atoms. The van der Waals surface area contributed by atoms with Crippen molar-refractivity contribution in [3.05, 3.63) is 46.9 Å². The highest BCUT2D eigenvalue weighted by Crippen LogP contribution is 2.34. The van der Waals surface area contributed by atoms with Crippen LogP contribution in [0.1, 0.15) is 6.42 Å². The summed E-state index contributed by atoms with van der Waals surface area (Å²) in [6, 6.07) is 11.7. The van der Waals surface area contributed by atoms with E-state index < -0.39 is 6.04 Å². The number of para-hydroxylation sites is 1. The molecule has 1 N–H and O–H groups in total. The van der Waals surface area contributed by atoms with Crippen LogP contribution in [0.5, 0.6) is 11.5 Å². The lowest BCUT2D eigenvalue weighted by Gasteiger charge is -2.18. The van der Waals surface area contributed by atoms with Crippen LogP contribution in [-0.4, -0.2) is 32.1 Å². The second kappa shape index (κ2) is 7.14. The van der Waals surface area contributed by atoms with Crippen molar-refractivity contribution in [2.45, 2.75) is 12.5 Å². The average Bonchev–Trinajstić information content (AvgIpc) is 2.89. The minimum absolute atomic E-state index is 0.0787. The van der Waals surface area contributed by atoms with Crippen molar-refractivity contribution in [2.75, 3.05) is 24.4 Å². The predicted molar refractivity (Wildman–Crippen MR) is 98.2 cm³/mol. The molecule has 1 fully saturated rings. The van der Waals surface area contributed by atoms with Gasteiger partial charge in [-0.25, -0.2) is 4.90 Å². The van der Waals surface area contributed by atoms with Crippen molar-refractivity contribution >= 4 is 39.1 Å². The minimum Gasteiger partial charge on any atom is -0.497 e. The van der Waals surface area contributed by atoms with E-state index in [9.17, 15) is 9.59 Å². The number of halogens is 1. The maximum absolute atomic E-state index is 12.8. The van der Waals surface area contributed by atoms with E-state index in [2.05, 4.69) is 21.2 Å². The fraction of sp³-hybridized carbons (Fsp3) is 0.222. The molecule has 0 radical (unpaired) electrons. The Hall–Kier alpha value is -2.54. The van der Waals surface area contributed by atoms with Crippen molar-refractivity contribution in [3.8, 4) is 11.5 Å². The SMILES string of the molecule is COc1ccc(N[C@H]2CC(=O)N(c3ccccc3Br)C2=O)c(OC)c1. The number of hydrogen-bond acceptors (Lipinski definition) is 5. The zero-order chi connectivity index (χ0) is 18.0. The van der Waals surface area contributed by atoms with E-state index in [-0.39, 0.29) is 18.2 Å². The smallest absolute Gasteiger partial charge is 0.256 e. The predicted octanol–water partition coefficient (Wildman–Crippen LogP) is 3.21. The minimum atomic E-state index is -0.651. The van der Waals surface area contributed by atoms with Gasteiger partial charge in [-0.3, -0.25) is 9.59 Å². The molecule has 0 aliphatic carbocycles. The number of nitrogens with one attached hydrogen (secondary N) is 1. The lowest BCUT2D eigenvalue weighted by Crippen LogP contribution is -2.35. The zero-order valence-corrected chi connectivity index (χ0v) is 15.4. The fourth-order valence-electron chi connectivity index (χ4n) is 2.74. The van der Waals surface area contributed by atoms with Crippen molar-refractivity contribution < 1.29 is 19.1 Å². The van der Waals surface area contributed by atoms with Crippen molar-refractivity contribution in [1.82, 2.24) is 0 Å². The first-order chi connectivity index (χ1) is 12.0. The molecule has 0 aromatic heterocycles. The summed E-state index contributed by atoms with van der Waals surface area (Å²) >= 11 is 3.39. The normalized spacial score (nSPS) is 16.9. The van der Waals surface area contributed by atoms with E-state index in [0.717, 1.165) is 0 Å². The third-order valence-corrected chi connectivity index (χ3v) is 4.65. The molecule has 1 aliphatic rings. The van der Waals surface area contributed by atoms with E-state index in [1.165, 1.54) is 12.0 Å². The van der Waals surface area contributed by atoms with Crippen LogP contribution in [0, 0.1) is 0 Å². The van der Waals surface area contributed by atoms with E-state index in [1.54, 1.807) is 43.5 Å². The van der Waals surface area contributed by atoms with Crippen LogP contribution < -0.4 is 19.7 Å². The molecule has 2 aromatic rings. The molecule has 2 aromatic carbocycles. The molecular weight excluding hydrogens is 388 g/mol. The number of amides is 2. The van der Waals surface area contributed by atoms with Gasteiger partial charge in [0.2, 0.25) is 5.91 Å². The summed E-state index contributed by atoms with van der Waals surface area (Å²) < 4.78 is 11.2. The van der Waals surface area contributed by atoms with Gasteiger partial charge in [0.15, 0.2) is 0 Å². The molecule has 0 unspecified atom stereocenters. The number of carbonyl (C=O) groups is 2. The molecule has 1 heterocycles. The van der Waals surface area contributed by atoms with Gasteiger partial charge in [-0.2, -0.15) is 0 Å². The van der Waals surface area contributed by atoms with Crippen LogP contribution in [0.3, 0.4) is 0 Å². The van der Waals surface area contributed by atoms with E-state index in [1.807, 2.05) is 6.07 Å². The van der Waals surface area contributed by atoms with E-state index in [4.69, 9.17) is 9.47 Å². The number of carbonyl (C=O) groups excluding carboxylic acids is 2. The Labute approximate surface area is 153 Å². The standard InChI is InChI=1S/C18H17BrN2O4/c1-24-11-7-8-13(16(9-11)25-2)20-14-10-17(22)21(18(14)23)15-6-4-3-5-12(15)19/h3-9,14,20H,10H2,1-2H3/t14-/m0/s1. The Morgan fingerprint density at radius 2 is 1.88 bits per heavy atom. The Morgan fingerprint density at radius 1 is 1.12 bits per heavy atom. The van der Waals surface area contributed by atoms with Crippen LogP contribution in [0.15, 0.2) is 46.9 Å². The Balaban J connectivity index is 1.85. The van der Waals surface area contributed by atoms with Gasteiger partial charge in [-0.15, -0.1) is 0 Å². The number of rotatable bonds is 5. The topological polar surface area (TPSA) is 67.9 Å². The summed E-state index contributed by atoms with van der Waals surface area (Å²) in [6.07, 6.45) is 0.0787. The molecule has 0 saturated carbocycles. The first-order valence-corrected chi connectivity index (χ1v) is 8.44. The van der Waals surface area contributed by atoms with Crippen molar-refractivity contribution in [2.24, 2.45) is 0 Å². The Kier molecular flexibility index (Phi) is 4.94. The number of methoxy groups -OCH3 is 2. The summed E-state index contributed by atoms with van der Waals surface area (Å²) in [5.41, 5.74) is 1.17. The first kappa shape index (κ1) is 17.3. The lowest BCUT2D eigenvalue weighted by molar-refractivity contribution is -0.121. The maximum Gasteiger partial charge on any atom is 0.256 e. The van der Waals surface area contributed by atoms with Crippen LogP contribution >= 0.6 is 15.9 Å². The third-order valence-electron chi connectivity index (χ3n) is 3.98. The fourth-order valence-corrected chi connectivity index (χ4v) is 3.20. The highest BCUT2D eigenvalue weighted by Gasteiger charge is 2.40. The zero-order valence-electron chi connectivity index (χ0n) is 13.8. The van der Waals surface area contributed by atoms with Crippen LogP contribution in [0.2, 0.25) is 0 Å². The van der Waals surface area contributed by atoms with Gasteiger partial charge in [0.05, 0.1) is 32.0 Å². The van der Waals surface area contributed by atoms with Crippen LogP contribution in [0.4, 0.5) is 11.4 Å². The molecule has 6 nitrogen and oxygen atoms in total.